The number of para-hydroxylation sites is 1. The van der Waals surface area contributed by atoms with E-state index in [1.54, 1.807) is 24.3 Å². The number of pyridine rings is 1. The fourth-order valence-corrected chi connectivity index (χ4v) is 5.24. The lowest BCUT2D eigenvalue weighted by Gasteiger charge is -2.30. The Morgan fingerprint density at radius 2 is 2.00 bits per heavy atom. The summed E-state index contributed by atoms with van der Waals surface area (Å²) >= 11 is 0. The third kappa shape index (κ3) is 4.08. The Balaban J connectivity index is 1.28. The predicted octanol–water partition coefficient (Wildman–Crippen LogP) is 4.23. The van der Waals surface area contributed by atoms with Gasteiger partial charge in [0.25, 0.3) is 5.56 Å². The zero-order valence-electron chi connectivity index (χ0n) is 20.8. The van der Waals surface area contributed by atoms with Gasteiger partial charge in [0.2, 0.25) is 0 Å². The molecule has 5 aromatic rings. The number of benzene rings is 3. The average molecular weight is 504 g/mol. The molecule has 2 heterocycles. The quantitative estimate of drug-likeness (QED) is 0.275. The molecule has 0 unspecified atom stereocenters. The maximum absolute atomic E-state index is 12.8. The summed E-state index contributed by atoms with van der Waals surface area (Å²) in [4.78, 5) is 37.2. The zero-order chi connectivity index (χ0) is 26.2. The number of hydrogen-bond donors (Lipinski definition) is 1. The smallest absolute Gasteiger partial charge is 0.353 e. The number of carbonyl (C=O) groups excluding carboxylic acids is 1. The van der Waals surface area contributed by atoms with Crippen molar-refractivity contribution in [3.8, 4) is 12.3 Å². The normalized spacial score (nSPS) is 14.4. The number of rotatable bonds is 6. The van der Waals surface area contributed by atoms with E-state index in [4.69, 9.17) is 11.3 Å². The van der Waals surface area contributed by atoms with Crippen LogP contribution >= 0.6 is 0 Å². The number of aromatic amines is 1. The third-order valence-electron chi connectivity index (χ3n) is 7.15. The molecule has 0 saturated carbocycles. The lowest BCUT2D eigenvalue weighted by atomic mass is 10.0. The van der Waals surface area contributed by atoms with Crippen molar-refractivity contribution < 1.29 is 9.63 Å². The highest BCUT2D eigenvalue weighted by atomic mass is 16.7. The van der Waals surface area contributed by atoms with Crippen molar-refractivity contribution in [2.45, 2.75) is 32.2 Å². The molecule has 2 aromatic heterocycles. The summed E-state index contributed by atoms with van der Waals surface area (Å²) in [6.07, 6.45) is 8.33. The van der Waals surface area contributed by atoms with Crippen LogP contribution in [0.2, 0.25) is 0 Å². The summed E-state index contributed by atoms with van der Waals surface area (Å²) in [6.45, 7) is 2.42. The minimum Gasteiger partial charge on any atom is -0.353 e. The van der Waals surface area contributed by atoms with Gasteiger partial charge in [-0.15, -0.1) is 11.5 Å². The number of hydrogen-bond acceptors (Lipinski definition) is 6. The maximum Gasteiger partial charge on any atom is 0.365 e. The van der Waals surface area contributed by atoms with Crippen LogP contribution in [0.25, 0.3) is 21.8 Å². The second-order valence-corrected chi connectivity index (χ2v) is 9.38. The van der Waals surface area contributed by atoms with Gasteiger partial charge in [-0.05, 0) is 89.5 Å². The number of nitrogens with one attached hydrogen (secondary N) is 1. The van der Waals surface area contributed by atoms with Crippen LogP contribution in [0.5, 0.6) is 0 Å². The lowest BCUT2D eigenvalue weighted by molar-refractivity contribution is 0.0409. The summed E-state index contributed by atoms with van der Waals surface area (Å²) in [5.41, 5.74) is 5.72. The van der Waals surface area contributed by atoms with Crippen LogP contribution in [-0.2, 0) is 12.8 Å². The molecule has 188 valence electrons. The summed E-state index contributed by atoms with van der Waals surface area (Å²) in [5.74, 6) is 2.23. The van der Waals surface area contributed by atoms with Crippen LogP contribution in [0.15, 0.2) is 71.5 Å². The van der Waals surface area contributed by atoms with Crippen LogP contribution in [0, 0.1) is 12.3 Å². The molecule has 1 N–H and O–H groups in total. The van der Waals surface area contributed by atoms with Crippen molar-refractivity contribution in [3.05, 3.63) is 99.5 Å². The van der Waals surface area contributed by atoms with Gasteiger partial charge in [0.05, 0.1) is 18.2 Å². The van der Waals surface area contributed by atoms with Crippen molar-refractivity contribution in [2.24, 2.45) is 0 Å². The average Bonchev–Trinajstić information content (AvgIpc) is 3.54. The van der Waals surface area contributed by atoms with Crippen LogP contribution < -0.4 is 15.3 Å². The lowest BCUT2D eigenvalue weighted by Crippen LogP contribution is -2.28. The van der Waals surface area contributed by atoms with Gasteiger partial charge in [-0.1, -0.05) is 35.9 Å². The fraction of sp³-hybridized carbons (Fsp3) is 0.200. The van der Waals surface area contributed by atoms with Crippen molar-refractivity contribution >= 4 is 33.5 Å². The van der Waals surface area contributed by atoms with Gasteiger partial charge in [-0.25, -0.2) is 4.79 Å². The Morgan fingerprint density at radius 3 is 2.79 bits per heavy atom. The summed E-state index contributed by atoms with van der Waals surface area (Å²) in [5, 5.41) is 9.57. The van der Waals surface area contributed by atoms with Crippen LogP contribution in [0.3, 0.4) is 0 Å². The van der Waals surface area contributed by atoms with Crippen molar-refractivity contribution in [1.29, 1.82) is 0 Å². The monoisotopic (exact) mass is 503 g/mol. The first-order valence-electron chi connectivity index (χ1n) is 12.6. The number of anilines is 1. The molecule has 0 amide bonds. The molecule has 3 aromatic carbocycles. The first-order valence-corrected chi connectivity index (χ1v) is 12.6. The first kappa shape index (κ1) is 23.5. The molecule has 1 atom stereocenters. The Morgan fingerprint density at radius 1 is 1.18 bits per heavy atom. The molecule has 0 radical (unpaired) electrons. The van der Waals surface area contributed by atoms with E-state index in [1.165, 1.54) is 5.56 Å². The molecule has 8 nitrogen and oxygen atoms in total. The first-order chi connectivity index (χ1) is 18.6. The van der Waals surface area contributed by atoms with Gasteiger partial charge in [-0.2, -0.15) is 0 Å². The van der Waals surface area contributed by atoms with Gasteiger partial charge >= 0.3 is 5.97 Å². The predicted molar refractivity (Wildman–Crippen MR) is 146 cm³/mol. The summed E-state index contributed by atoms with van der Waals surface area (Å²) < 4.78 is 0. The largest absolute Gasteiger partial charge is 0.365 e. The molecule has 1 aliphatic carbocycles. The molecule has 1 aliphatic rings. The minimum atomic E-state index is -0.543. The number of carbonyl (C=O) groups is 1. The number of aromatic nitrogens is 4. The highest BCUT2D eigenvalue weighted by molar-refractivity contribution is 5.90. The van der Waals surface area contributed by atoms with E-state index in [0.717, 1.165) is 46.4 Å². The minimum absolute atomic E-state index is 0.0232. The van der Waals surface area contributed by atoms with E-state index in [2.05, 4.69) is 38.2 Å². The fourth-order valence-electron chi connectivity index (χ4n) is 5.24. The number of terminal acetylenes is 1. The van der Waals surface area contributed by atoms with Crippen LogP contribution in [0.1, 0.15) is 46.6 Å². The Hall–Kier alpha value is -4.90. The van der Waals surface area contributed by atoms with E-state index in [-0.39, 0.29) is 11.6 Å². The zero-order valence-corrected chi connectivity index (χ0v) is 20.8. The van der Waals surface area contributed by atoms with Gasteiger partial charge in [-0.3, -0.25) is 4.79 Å². The topological polar surface area (TPSA) is 93.1 Å². The number of nitrogens with zero attached hydrogens (tertiary/aromatic N) is 4. The van der Waals surface area contributed by atoms with Crippen LogP contribution in [0.4, 0.5) is 5.69 Å². The Bertz CT molecular complexity index is 1780. The molecule has 0 aliphatic heterocycles. The second-order valence-electron chi connectivity index (χ2n) is 9.38. The second kappa shape index (κ2) is 9.52. The Kier molecular flexibility index (Phi) is 5.89. The molecule has 0 saturated heterocycles. The SMILES string of the molecule is C#CCN(c1ccc(C(=O)On2nnc3ccccc32)cc1)[C@H]1CCc2cc3cc(CC)[nH]c(=O)c3cc21. The van der Waals surface area contributed by atoms with Crippen LogP contribution in [-0.4, -0.2) is 32.7 Å². The molecule has 6 rings (SSSR count). The van der Waals surface area contributed by atoms with Crippen molar-refractivity contribution in [1.82, 2.24) is 20.1 Å². The van der Waals surface area contributed by atoms with Crippen molar-refractivity contribution in [3.63, 3.8) is 0 Å². The van der Waals surface area contributed by atoms with E-state index in [1.807, 2.05) is 37.3 Å². The molecule has 0 fully saturated rings. The molecular weight excluding hydrogens is 478 g/mol. The summed E-state index contributed by atoms with van der Waals surface area (Å²) in [6, 6.07) is 20.6. The maximum atomic E-state index is 12.8. The van der Waals surface area contributed by atoms with E-state index in [9.17, 15) is 9.59 Å². The van der Waals surface area contributed by atoms with E-state index >= 15 is 0 Å². The molecule has 0 spiro atoms. The molecular formula is C30H25N5O3. The molecule has 38 heavy (non-hydrogen) atoms. The standard InChI is InChI=1S/C30H25N5O3/c1-3-15-34(27-14-11-20-16-21-17-22(4-2)31-29(36)25(21)18-24(20)27)23-12-9-19(10-13-23)30(37)38-35-28-8-6-5-7-26(28)32-33-35/h1,5-10,12-13,16-18,27H,4,11,14-15H2,2H3,(H,31,36)/t27-/m0/s1. The van der Waals surface area contributed by atoms with Crippen molar-refractivity contribution in [2.75, 3.05) is 11.4 Å². The highest BCUT2D eigenvalue weighted by Gasteiger charge is 2.29. The highest BCUT2D eigenvalue weighted by Crippen LogP contribution is 2.39. The third-order valence-corrected chi connectivity index (χ3v) is 7.15. The van der Waals surface area contributed by atoms with Gasteiger partial charge < -0.3 is 14.7 Å². The molecule has 0 bridgehead atoms. The van der Waals surface area contributed by atoms with Gasteiger partial charge in [0.15, 0.2) is 0 Å². The van der Waals surface area contributed by atoms with E-state index < -0.39 is 5.97 Å². The van der Waals surface area contributed by atoms with Gasteiger partial charge in [0.1, 0.15) is 11.0 Å². The summed E-state index contributed by atoms with van der Waals surface area (Å²) in [7, 11) is 0. The number of fused-ring (bicyclic) bond motifs is 3. The number of aryl methyl sites for hydroxylation is 2. The Labute approximate surface area is 218 Å². The van der Waals surface area contributed by atoms with E-state index in [0.29, 0.717) is 28.5 Å². The number of H-pyrrole nitrogens is 1. The molecule has 8 heteroatoms. The van der Waals surface area contributed by atoms with Gasteiger partial charge in [0, 0.05) is 16.8 Å².